The van der Waals surface area contributed by atoms with E-state index in [1.165, 1.54) is 0 Å². The van der Waals surface area contributed by atoms with Crippen LogP contribution in [0.1, 0.15) is 36.9 Å². The first-order valence-corrected chi connectivity index (χ1v) is 8.30. The molecule has 2 unspecified atom stereocenters. The Hall–Kier alpha value is -2.67. The van der Waals surface area contributed by atoms with Gasteiger partial charge in [-0.15, -0.1) is 0 Å². The lowest BCUT2D eigenvalue weighted by atomic mass is 9.91. The second kappa shape index (κ2) is 6.84. The third-order valence-electron chi connectivity index (χ3n) is 4.55. The molecular formula is C20H22N2O2. The molecule has 2 aromatic rings. The van der Waals surface area contributed by atoms with Crippen molar-refractivity contribution in [3.63, 3.8) is 0 Å². The van der Waals surface area contributed by atoms with Crippen molar-refractivity contribution in [2.75, 3.05) is 25.2 Å². The number of fused-ring (bicyclic) bond motifs is 1. The van der Waals surface area contributed by atoms with E-state index in [0.29, 0.717) is 6.61 Å². The van der Waals surface area contributed by atoms with Crippen molar-refractivity contribution in [2.45, 2.75) is 25.8 Å². The molecule has 2 aromatic carbocycles. The number of likely N-dealkylation sites (N-methyl/N-ethyl adjacent to an activating group) is 1. The number of ether oxygens (including phenoxy) is 2. The minimum atomic E-state index is -0.191. The van der Waals surface area contributed by atoms with Gasteiger partial charge in [-0.2, -0.15) is 5.26 Å². The Morgan fingerprint density at radius 1 is 1.08 bits per heavy atom. The van der Waals surface area contributed by atoms with Crippen LogP contribution in [-0.4, -0.2) is 20.3 Å². The molecule has 0 spiro atoms. The monoisotopic (exact) mass is 322 g/mol. The van der Waals surface area contributed by atoms with Crippen LogP contribution in [0.3, 0.4) is 0 Å². The van der Waals surface area contributed by atoms with E-state index in [4.69, 9.17) is 9.47 Å². The van der Waals surface area contributed by atoms with Gasteiger partial charge in [-0.1, -0.05) is 18.2 Å². The SMILES string of the molecule is CCOc1ccc(C2C(C#N)c3ccc(OC)cc3N2CC)cc1. The van der Waals surface area contributed by atoms with Crippen LogP contribution in [0.15, 0.2) is 42.5 Å². The van der Waals surface area contributed by atoms with Gasteiger partial charge in [0.05, 0.1) is 31.7 Å². The van der Waals surface area contributed by atoms with Crippen LogP contribution in [0, 0.1) is 11.3 Å². The molecule has 0 amide bonds. The van der Waals surface area contributed by atoms with Crippen molar-refractivity contribution in [3.8, 4) is 17.6 Å². The van der Waals surface area contributed by atoms with E-state index in [1.807, 2.05) is 37.3 Å². The van der Waals surface area contributed by atoms with E-state index in [2.05, 4.69) is 30.0 Å². The Morgan fingerprint density at radius 2 is 1.79 bits per heavy atom. The average molecular weight is 322 g/mol. The molecule has 1 heterocycles. The van der Waals surface area contributed by atoms with E-state index in [0.717, 1.165) is 34.9 Å². The van der Waals surface area contributed by atoms with E-state index < -0.39 is 0 Å². The highest BCUT2D eigenvalue weighted by Crippen LogP contribution is 2.49. The van der Waals surface area contributed by atoms with Crippen LogP contribution in [-0.2, 0) is 0 Å². The molecule has 4 heteroatoms. The van der Waals surface area contributed by atoms with Gasteiger partial charge >= 0.3 is 0 Å². The van der Waals surface area contributed by atoms with E-state index >= 15 is 0 Å². The zero-order chi connectivity index (χ0) is 17.1. The first-order valence-electron chi connectivity index (χ1n) is 8.30. The molecule has 1 aliphatic rings. The molecule has 0 aliphatic carbocycles. The largest absolute Gasteiger partial charge is 0.497 e. The van der Waals surface area contributed by atoms with E-state index in [-0.39, 0.29) is 12.0 Å². The fourth-order valence-electron chi connectivity index (χ4n) is 3.47. The molecule has 0 radical (unpaired) electrons. The zero-order valence-electron chi connectivity index (χ0n) is 14.3. The minimum Gasteiger partial charge on any atom is -0.497 e. The minimum absolute atomic E-state index is 0.0118. The zero-order valence-corrected chi connectivity index (χ0v) is 14.3. The molecule has 0 saturated heterocycles. The normalized spacial score (nSPS) is 18.8. The predicted molar refractivity (Wildman–Crippen MR) is 94.7 cm³/mol. The maximum Gasteiger partial charge on any atom is 0.120 e. The molecule has 0 aromatic heterocycles. The molecule has 0 N–H and O–H groups in total. The van der Waals surface area contributed by atoms with Crippen molar-refractivity contribution in [3.05, 3.63) is 53.6 Å². The van der Waals surface area contributed by atoms with Gasteiger partial charge in [-0.3, -0.25) is 0 Å². The molecule has 124 valence electrons. The van der Waals surface area contributed by atoms with Crippen LogP contribution >= 0.6 is 0 Å². The number of anilines is 1. The second-order valence-corrected chi connectivity index (χ2v) is 5.76. The first-order chi connectivity index (χ1) is 11.7. The summed E-state index contributed by atoms with van der Waals surface area (Å²) in [7, 11) is 1.67. The maximum atomic E-state index is 9.79. The Balaban J connectivity index is 2.02. The average Bonchev–Trinajstić information content (AvgIpc) is 2.95. The summed E-state index contributed by atoms with van der Waals surface area (Å²) in [5.74, 6) is 1.48. The molecule has 0 fully saturated rings. The van der Waals surface area contributed by atoms with Crippen molar-refractivity contribution >= 4 is 5.69 Å². The summed E-state index contributed by atoms with van der Waals surface area (Å²) in [5, 5.41) is 9.79. The van der Waals surface area contributed by atoms with Crippen LogP contribution in [0.5, 0.6) is 11.5 Å². The van der Waals surface area contributed by atoms with Gasteiger partial charge < -0.3 is 14.4 Å². The highest BCUT2D eigenvalue weighted by atomic mass is 16.5. The molecule has 24 heavy (non-hydrogen) atoms. The lowest BCUT2D eigenvalue weighted by Gasteiger charge is -2.28. The number of hydrogen-bond acceptors (Lipinski definition) is 4. The van der Waals surface area contributed by atoms with Gasteiger partial charge in [0.25, 0.3) is 0 Å². The highest BCUT2D eigenvalue weighted by molar-refractivity contribution is 5.67. The van der Waals surface area contributed by atoms with Gasteiger partial charge in [0.2, 0.25) is 0 Å². The molecule has 1 aliphatic heterocycles. The van der Waals surface area contributed by atoms with Crippen LogP contribution in [0.4, 0.5) is 5.69 Å². The molecule has 0 saturated carbocycles. The highest BCUT2D eigenvalue weighted by Gasteiger charge is 2.39. The molecule has 4 nitrogen and oxygen atoms in total. The molecule has 3 rings (SSSR count). The molecule has 0 bridgehead atoms. The van der Waals surface area contributed by atoms with Crippen LogP contribution < -0.4 is 14.4 Å². The number of rotatable bonds is 5. The number of hydrogen-bond donors (Lipinski definition) is 0. The van der Waals surface area contributed by atoms with Crippen LogP contribution in [0.25, 0.3) is 0 Å². The predicted octanol–water partition coefficient (Wildman–Crippen LogP) is 4.28. The maximum absolute atomic E-state index is 9.79. The smallest absolute Gasteiger partial charge is 0.120 e. The summed E-state index contributed by atoms with van der Waals surface area (Å²) in [6, 6.07) is 16.6. The third-order valence-corrected chi connectivity index (χ3v) is 4.55. The van der Waals surface area contributed by atoms with Crippen LogP contribution in [0.2, 0.25) is 0 Å². The van der Waals surface area contributed by atoms with Crippen molar-refractivity contribution in [2.24, 2.45) is 0 Å². The summed E-state index contributed by atoms with van der Waals surface area (Å²) in [6.45, 7) is 5.57. The third kappa shape index (κ3) is 2.67. The fraction of sp³-hybridized carbons (Fsp3) is 0.350. The Bertz CT molecular complexity index is 749. The first kappa shape index (κ1) is 16.2. The number of nitrogens with zero attached hydrogens (tertiary/aromatic N) is 2. The summed E-state index contributed by atoms with van der Waals surface area (Å²) >= 11 is 0. The van der Waals surface area contributed by atoms with Gasteiger partial charge in [-0.25, -0.2) is 0 Å². The second-order valence-electron chi connectivity index (χ2n) is 5.76. The standard InChI is InChI=1S/C20H22N2O2/c1-4-22-19-12-16(23-3)10-11-17(19)18(13-21)20(22)14-6-8-15(9-7-14)24-5-2/h6-12,18,20H,4-5H2,1-3H3. The summed E-state index contributed by atoms with van der Waals surface area (Å²) in [5.41, 5.74) is 3.28. The lowest BCUT2D eigenvalue weighted by Crippen LogP contribution is -2.26. The number of benzene rings is 2. The quantitative estimate of drug-likeness (QED) is 0.824. The Labute approximate surface area is 143 Å². The lowest BCUT2D eigenvalue weighted by molar-refractivity contribution is 0.340. The molecular weight excluding hydrogens is 300 g/mol. The topological polar surface area (TPSA) is 45.5 Å². The molecule has 2 atom stereocenters. The van der Waals surface area contributed by atoms with Crippen molar-refractivity contribution in [1.29, 1.82) is 5.26 Å². The summed E-state index contributed by atoms with van der Waals surface area (Å²) < 4.78 is 10.9. The van der Waals surface area contributed by atoms with Crippen molar-refractivity contribution in [1.82, 2.24) is 0 Å². The number of methoxy groups -OCH3 is 1. The summed E-state index contributed by atoms with van der Waals surface area (Å²) in [6.07, 6.45) is 0. The number of nitriles is 1. The van der Waals surface area contributed by atoms with Crippen molar-refractivity contribution < 1.29 is 9.47 Å². The Kier molecular flexibility index (Phi) is 4.61. The van der Waals surface area contributed by atoms with E-state index in [1.54, 1.807) is 7.11 Å². The van der Waals surface area contributed by atoms with Gasteiger partial charge in [0, 0.05) is 18.3 Å². The van der Waals surface area contributed by atoms with Gasteiger partial charge in [-0.05, 0) is 43.2 Å². The fourth-order valence-corrected chi connectivity index (χ4v) is 3.47. The van der Waals surface area contributed by atoms with Gasteiger partial charge in [0.15, 0.2) is 0 Å². The summed E-state index contributed by atoms with van der Waals surface area (Å²) in [4.78, 5) is 2.28. The van der Waals surface area contributed by atoms with Gasteiger partial charge in [0.1, 0.15) is 11.5 Å². The Morgan fingerprint density at radius 3 is 2.38 bits per heavy atom. The van der Waals surface area contributed by atoms with E-state index in [9.17, 15) is 5.26 Å².